The molecule has 3 rings (SSSR count). The molecule has 0 bridgehead atoms. The van der Waals surface area contributed by atoms with Crippen LogP contribution in [-0.2, 0) is 6.54 Å². The van der Waals surface area contributed by atoms with E-state index in [1.165, 1.54) is 0 Å². The van der Waals surface area contributed by atoms with Crippen molar-refractivity contribution in [3.05, 3.63) is 70.2 Å². The summed E-state index contributed by atoms with van der Waals surface area (Å²) in [5.74, 6) is -0.119. The normalized spacial score (nSPS) is 13.4. The fourth-order valence-electron chi connectivity index (χ4n) is 2.64. The van der Waals surface area contributed by atoms with Gasteiger partial charge in [0.05, 0.1) is 0 Å². The summed E-state index contributed by atoms with van der Waals surface area (Å²) in [6, 6.07) is 14.7. The summed E-state index contributed by atoms with van der Waals surface area (Å²) >= 11 is 6.00. The number of rotatable bonds is 5. The Morgan fingerprint density at radius 3 is 2.42 bits per heavy atom. The van der Waals surface area contributed by atoms with Crippen molar-refractivity contribution in [2.24, 2.45) is 0 Å². The molecule has 0 atom stereocenters. The van der Waals surface area contributed by atoms with Gasteiger partial charge in [-0.2, -0.15) is 0 Å². The molecule has 0 aromatic heterocycles. The van der Waals surface area contributed by atoms with Crippen LogP contribution < -0.4 is 5.32 Å². The first kappa shape index (κ1) is 16.5. The molecule has 124 valence electrons. The zero-order valence-electron chi connectivity index (χ0n) is 13.5. The molecule has 4 nitrogen and oxygen atoms in total. The molecule has 1 aliphatic carbocycles. The number of carbonyl (C=O) groups is 2. The number of nitrogens with one attached hydrogen (secondary N) is 1. The van der Waals surface area contributed by atoms with E-state index < -0.39 is 0 Å². The minimum Gasteiger partial charge on any atom is -0.355 e. The topological polar surface area (TPSA) is 49.4 Å². The number of benzene rings is 2. The van der Waals surface area contributed by atoms with Gasteiger partial charge in [-0.15, -0.1) is 0 Å². The van der Waals surface area contributed by atoms with E-state index in [0.717, 1.165) is 18.4 Å². The van der Waals surface area contributed by atoms with Crippen molar-refractivity contribution in [3.63, 3.8) is 0 Å². The zero-order chi connectivity index (χ0) is 17.1. The smallest absolute Gasteiger partial charge is 0.254 e. The van der Waals surface area contributed by atoms with Gasteiger partial charge in [-0.1, -0.05) is 29.8 Å². The van der Waals surface area contributed by atoms with E-state index in [1.807, 2.05) is 17.0 Å². The van der Waals surface area contributed by atoms with Gasteiger partial charge in [0.25, 0.3) is 11.8 Å². The number of hydrogen-bond acceptors (Lipinski definition) is 2. The molecule has 0 saturated heterocycles. The Morgan fingerprint density at radius 2 is 1.83 bits per heavy atom. The van der Waals surface area contributed by atoms with Gasteiger partial charge >= 0.3 is 0 Å². The maximum absolute atomic E-state index is 12.8. The largest absolute Gasteiger partial charge is 0.355 e. The second-order valence-corrected chi connectivity index (χ2v) is 6.39. The molecule has 1 fully saturated rings. The van der Waals surface area contributed by atoms with E-state index in [1.54, 1.807) is 43.4 Å². The van der Waals surface area contributed by atoms with Crippen molar-refractivity contribution in [1.82, 2.24) is 10.2 Å². The summed E-state index contributed by atoms with van der Waals surface area (Å²) in [7, 11) is 1.61. The molecule has 0 heterocycles. The molecule has 0 aliphatic heterocycles. The van der Waals surface area contributed by atoms with Crippen molar-refractivity contribution in [3.8, 4) is 0 Å². The highest BCUT2D eigenvalue weighted by molar-refractivity contribution is 6.30. The van der Waals surface area contributed by atoms with E-state index in [9.17, 15) is 9.59 Å². The molecular weight excluding hydrogens is 324 g/mol. The molecular formula is C19H19ClN2O2. The van der Waals surface area contributed by atoms with Gasteiger partial charge in [0, 0.05) is 35.8 Å². The molecule has 1 N–H and O–H groups in total. The van der Waals surface area contributed by atoms with Crippen LogP contribution >= 0.6 is 11.6 Å². The monoisotopic (exact) mass is 342 g/mol. The summed E-state index contributed by atoms with van der Waals surface area (Å²) in [6.45, 7) is 0.532. The van der Waals surface area contributed by atoms with Crippen molar-refractivity contribution in [1.29, 1.82) is 0 Å². The molecule has 1 saturated carbocycles. The third-order valence-electron chi connectivity index (χ3n) is 4.12. The van der Waals surface area contributed by atoms with Crippen LogP contribution in [0.25, 0.3) is 0 Å². The molecule has 2 aromatic carbocycles. The van der Waals surface area contributed by atoms with Crippen molar-refractivity contribution in [2.75, 3.05) is 7.05 Å². The van der Waals surface area contributed by atoms with Gasteiger partial charge in [0.15, 0.2) is 0 Å². The molecule has 2 amide bonds. The average Bonchev–Trinajstić information content (AvgIpc) is 3.44. The van der Waals surface area contributed by atoms with Gasteiger partial charge < -0.3 is 10.2 Å². The van der Waals surface area contributed by atoms with E-state index >= 15 is 0 Å². The maximum Gasteiger partial charge on any atom is 0.254 e. The quantitative estimate of drug-likeness (QED) is 0.904. The Balaban J connectivity index is 1.77. The van der Waals surface area contributed by atoms with Crippen LogP contribution in [0.3, 0.4) is 0 Å². The number of hydrogen-bond donors (Lipinski definition) is 1. The third-order valence-corrected chi connectivity index (χ3v) is 4.35. The van der Waals surface area contributed by atoms with E-state index in [-0.39, 0.29) is 17.9 Å². The van der Waals surface area contributed by atoms with Gasteiger partial charge in [0.1, 0.15) is 0 Å². The predicted octanol–water partition coefficient (Wildman–Crippen LogP) is 3.50. The summed E-state index contributed by atoms with van der Waals surface area (Å²) < 4.78 is 0. The number of halogens is 1. The minimum atomic E-state index is -0.115. The summed E-state index contributed by atoms with van der Waals surface area (Å²) in [5, 5.41) is 3.16. The molecule has 1 aliphatic rings. The lowest BCUT2D eigenvalue weighted by Gasteiger charge is -2.23. The molecule has 2 aromatic rings. The van der Waals surface area contributed by atoms with Gasteiger partial charge in [0.2, 0.25) is 0 Å². The highest BCUT2D eigenvalue weighted by Crippen LogP contribution is 2.30. The highest BCUT2D eigenvalue weighted by Gasteiger charge is 2.33. The lowest BCUT2D eigenvalue weighted by atomic mass is 10.1. The standard InChI is InChI=1S/C19H19ClN2O2/c1-21-18(23)14-7-5-13(6-8-14)12-22(17-9-10-17)19(24)15-3-2-4-16(20)11-15/h2-8,11,17H,9-10,12H2,1H3,(H,21,23). The number of nitrogens with zero attached hydrogens (tertiary/aromatic N) is 1. The summed E-state index contributed by atoms with van der Waals surface area (Å²) in [6.07, 6.45) is 2.06. The number of carbonyl (C=O) groups excluding carboxylic acids is 2. The molecule has 0 radical (unpaired) electrons. The highest BCUT2D eigenvalue weighted by atomic mass is 35.5. The minimum absolute atomic E-state index is 0.00428. The Kier molecular flexibility index (Phi) is 4.86. The Hall–Kier alpha value is -2.33. The predicted molar refractivity (Wildman–Crippen MR) is 94.2 cm³/mol. The summed E-state index contributed by atoms with van der Waals surface area (Å²) in [5.41, 5.74) is 2.22. The molecule has 24 heavy (non-hydrogen) atoms. The fraction of sp³-hybridized carbons (Fsp3) is 0.263. The average molecular weight is 343 g/mol. The van der Waals surface area contributed by atoms with E-state index in [2.05, 4.69) is 5.32 Å². The van der Waals surface area contributed by atoms with Crippen LogP contribution in [0.15, 0.2) is 48.5 Å². The van der Waals surface area contributed by atoms with Gasteiger partial charge in [-0.25, -0.2) is 0 Å². The third kappa shape index (κ3) is 3.77. The molecule has 5 heteroatoms. The Bertz CT molecular complexity index is 754. The zero-order valence-corrected chi connectivity index (χ0v) is 14.2. The van der Waals surface area contributed by atoms with Crippen molar-refractivity contribution < 1.29 is 9.59 Å². The Labute approximate surface area is 146 Å². The van der Waals surface area contributed by atoms with E-state index in [4.69, 9.17) is 11.6 Å². The first-order valence-corrected chi connectivity index (χ1v) is 8.34. The Morgan fingerprint density at radius 1 is 1.12 bits per heavy atom. The van der Waals surface area contributed by atoms with Crippen molar-refractivity contribution in [2.45, 2.75) is 25.4 Å². The second-order valence-electron chi connectivity index (χ2n) is 5.95. The number of amides is 2. The van der Waals surface area contributed by atoms with Gasteiger partial charge in [-0.05, 0) is 48.7 Å². The van der Waals surface area contributed by atoms with Crippen LogP contribution in [0.2, 0.25) is 5.02 Å². The van der Waals surface area contributed by atoms with Gasteiger partial charge in [-0.3, -0.25) is 9.59 Å². The first-order chi connectivity index (χ1) is 11.6. The summed E-state index contributed by atoms with van der Waals surface area (Å²) in [4.78, 5) is 26.3. The second kappa shape index (κ2) is 7.05. The van der Waals surface area contributed by atoms with E-state index in [0.29, 0.717) is 22.7 Å². The van der Waals surface area contributed by atoms with Crippen LogP contribution in [0.1, 0.15) is 39.1 Å². The first-order valence-electron chi connectivity index (χ1n) is 7.96. The van der Waals surface area contributed by atoms with Crippen LogP contribution in [-0.4, -0.2) is 29.8 Å². The fourth-order valence-corrected chi connectivity index (χ4v) is 2.83. The maximum atomic E-state index is 12.8. The van der Waals surface area contributed by atoms with Crippen molar-refractivity contribution >= 4 is 23.4 Å². The molecule has 0 spiro atoms. The molecule has 0 unspecified atom stereocenters. The van der Waals surface area contributed by atoms with Crippen LogP contribution in [0.5, 0.6) is 0 Å². The lowest BCUT2D eigenvalue weighted by molar-refractivity contribution is 0.0729. The SMILES string of the molecule is CNC(=O)c1ccc(CN(C(=O)c2cccc(Cl)c2)C2CC2)cc1. The van der Waals surface area contributed by atoms with Crippen LogP contribution in [0.4, 0.5) is 0 Å². The lowest BCUT2D eigenvalue weighted by Crippen LogP contribution is -2.32. The van der Waals surface area contributed by atoms with Crippen LogP contribution in [0, 0.1) is 0 Å².